The van der Waals surface area contributed by atoms with Gasteiger partial charge in [-0.05, 0) is 35.0 Å². The smallest absolute Gasteiger partial charge is 0.244 e. The van der Waals surface area contributed by atoms with E-state index in [1.807, 2.05) is 31.2 Å². The lowest BCUT2D eigenvalue weighted by atomic mass is 10.1. The zero-order valence-electron chi connectivity index (χ0n) is 12.8. The van der Waals surface area contributed by atoms with Crippen LogP contribution in [0.15, 0.2) is 43.2 Å². The molecule has 2 heterocycles. The second-order valence-electron chi connectivity index (χ2n) is 5.12. The van der Waals surface area contributed by atoms with Gasteiger partial charge in [0.25, 0.3) is 0 Å². The number of rotatable bonds is 5. The van der Waals surface area contributed by atoms with Gasteiger partial charge in [-0.1, -0.05) is 12.1 Å². The zero-order valence-corrected chi connectivity index (χ0v) is 12.8. The topological polar surface area (TPSA) is 94.6 Å². The molecule has 9 heteroatoms. The van der Waals surface area contributed by atoms with Crippen LogP contribution in [-0.4, -0.2) is 52.8 Å². The summed E-state index contributed by atoms with van der Waals surface area (Å²) in [7, 11) is 1.77. The molecule has 118 valence electrons. The number of benzene rings is 1. The quantitative estimate of drug-likeness (QED) is 0.680. The number of amides is 1. The molecule has 0 saturated heterocycles. The summed E-state index contributed by atoms with van der Waals surface area (Å²) in [6, 6.07) is 7.77. The van der Waals surface area contributed by atoms with E-state index in [2.05, 4.69) is 25.6 Å². The minimum Gasteiger partial charge on any atom is -0.337 e. The summed E-state index contributed by atoms with van der Waals surface area (Å²) in [6.45, 7) is 2.09. The molecule has 0 aliphatic rings. The van der Waals surface area contributed by atoms with Gasteiger partial charge in [-0.2, -0.15) is 5.10 Å². The van der Waals surface area contributed by atoms with E-state index in [4.69, 9.17) is 0 Å². The molecule has 0 spiro atoms. The summed E-state index contributed by atoms with van der Waals surface area (Å²) < 4.78 is 3.08. The molecule has 0 fully saturated rings. The number of aromatic nitrogens is 7. The zero-order chi connectivity index (χ0) is 16.2. The van der Waals surface area contributed by atoms with E-state index >= 15 is 0 Å². The van der Waals surface area contributed by atoms with Crippen LogP contribution in [0.3, 0.4) is 0 Å². The van der Waals surface area contributed by atoms with Crippen LogP contribution in [0.4, 0.5) is 0 Å². The van der Waals surface area contributed by atoms with E-state index in [0.29, 0.717) is 0 Å². The summed E-state index contributed by atoms with van der Waals surface area (Å²) >= 11 is 0. The van der Waals surface area contributed by atoms with Crippen LogP contribution in [-0.2, 0) is 11.3 Å². The van der Waals surface area contributed by atoms with Gasteiger partial charge < -0.3 is 4.90 Å². The summed E-state index contributed by atoms with van der Waals surface area (Å²) in [5.74, 6) is -0.0647. The molecule has 3 rings (SSSR count). The molecule has 0 aliphatic heterocycles. The lowest BCUT2D eigenvalue weighted by molar-refractivity contribution is -0.132. The monoisotopic (exact) mass is 312 g/mol. The first-order valence-electron chi connectivity index (χ1n) is 7.06. The lowest BCUT2D eigenvalue weighted by Gasteiger charge is -2.25. The number of carbonyl (C=O) groups is 1. The largest absolute Gasteiger partial charge is 0.337 e. The molecule has 9 nitrogen and oxygen atoms in total. The highest BCUT2D eigenvalue weighted by atomic mass is 16.2. The Kier molecular flexibility index (Phi) is 4.09. The average molecular weight is 312 g/mol. The van der Waals surface area contributed by atoms with Crippen molar-refractivity contribution in [3.8, 4) is 5.69 Å². The Hall–Kier alpha value is -3.10. The first-order valence-corrected chi connectivity index (χ1v) is 7.06. The summed E-state index contributed by atoms with van der Waals surface area (Å²) in [6.07, 6.45) is 4.55. The van der Waals surface area contributed by atoms with E-state index in [0.717, 1.165) is 11.3 Å². The number of nitrogens with zero attached hydrogens (tertiary/aromatic N) is 8. The van der Waals surface area contributed by atoms with E-state index in [1.165, 1.54) is 17.3 Å². The molecule has 2 aromatic heterocycles. The summed E-state index contributed by atoms with van der Waals surface area (Å²) in [4.78, 5) is 17.9. The van der Waals surface area contributed by atoms with Gasteiger partial charge >= 0.3 is 0 Å². The Bertz CT molecular complexity index is 751. The molecule has 23 heavy (non-hydrogen) atoms. The minimum atomic E-state index is -0.0659. The van der Waals surface area contributed by atoms with Crippen molar-refractivity contribution in [3.05, 3.63) is 48.8 Å². The van der Waals surface area contributed by atoms with E-state index in [9.17, 15) is 4.79 Å². The number of hydrogen-bond acceptors (Lipinski definition) is 6. The van der Waals surface area contributed by atoms with Gasteiger partial charge in [0.1, 0.15) is 25.5 Å². The van der Waals surface area contributed by atoms with Crippen molar-refractivity contribution in [1.29, 1.82) is 0 Å². The van der Waals surface area contributed by atoms with E-state index in [1.54, 1.807) is 23.0 Å². The van der Waals surface area contributed by atoms with Crippen molar-refractivity contribution in [3.63, 3.8) is 0 Å². The normalized spacial score (nSPS) is 12.1. The third-order valence-electron chi connectivity index (χ3n) is 3.72. The van der Waals surface area contributed by atoms with Gasteiger partial charge in [0.05, 0.1) is 11.7 Å². The predicted molar refractivity (Wildman–Crippen MR) is 80.4 cm³/mol. The molecular weight excluding hydrogens is 296 g/mol. The van der Waals surface area contributed by atoms with Crippen molar-refractivity contribution < 1.29 is 4.79 Å². The molecule has 1 aromatic carbocycles. The number of carbonyl (C=O) groups excluding carboxylic acids is 1. The third kappa shape index (κ3) is 3.23. The summed E-state index contributed by atoms with van der Waals surface area (Å²) in [5, 5.41) is 14.8. The van der Waals surface area contributed by atoms with Crippen molar-refractivity contribution in [2.45, 2.75) is 19.5 Å². The van der Waals surface area contributed by atoms with Crippen molar-refractivity contribution in [2.75, 3.05) is 7.05 Å². The Labute approximate surface area is 132 Å². The van der Waals surface area contributed by atoms with Crippen molar-refractivity contribution in [1.82, 2.24) is 39.9 Å². The second kappa shape index (κ2) is 6.34. The molecular formula is C14H16N8O. The SMILES string of the molecule is CC(c1ccc(-n2cncn2)cc1)N(C)C(=O)Cn1cnnn1. The Balaban J connectivity index is 1.69. The van der Waals surface area contributed by atoms with E-state index < -0.39 is 0 Å². The van der Waals surface area contributed by atoms with Gasteiger partial charge in [0.2, 0.25) is 5.91 Å². The summed E-state index contributed by atoms with van der Waals surface area (Å²) in [5.41, 5.74) is 1.95. The lowest BCUT2D eigenvalue weighted by Crippen LogP contribution is -2.32. The van der Waals surface area contributed by atoms with Crippen LogP contribution in [0.5, 0.6) is 0 Å². The van der Waals surface area contributed by atoms with Crippen LogP contribution in [0.1, 0.15) is 18.5 Å². The molecule has 1 amide bonds. The Morgan fingerprint density at radius 1 is 1.26 bits per heavy atom. The molecule has 0 aliphatic carbocycles. The number of tetrazole rings is 1. The maximum Gasteiger partial charge on any atom is 0.244 e. The van der Waals surface area contributed by atoms with Crippen LogP contribution in [0, 0.1) is 0 Å². The Morgan fingerprint density at radius 2 is 2.04 bits per heavy atom. The number of hydrogen-bond donors (Lipinski definition) is 0. The van der Waals surface area contributed by atoms with Gasteiger partial charge in [-0.25, -0.2) is 14.3 Å². The maximum absolute atomic E-state index is 12.3. The molecule has 0 radical (unpaired) electrons. The fourth-order valence-corrected chi connectivity index (χ4v) is 2.19. The van der Waals surface area contributed by atoms with Gasteiger partial charge in [0.15, 0.2) is 0 Å². The fourth-order valence-electron chi connectivity index (χ4n) is 2.19. The van der Waals surface area contributed by atoms with Gasteiger partial charge in [-0.3, -0.25) is 4.79 Å². The van der Waals surface area contributed by atoms with Crippen LogP contribution < -0.4 is 0 Å². The van der Waals surface area contributed by atoms with Crippen molar-refractivity contribution in [2.24, 2.45) is 0 Å². The Morgan fingerprint density at radius 3 is 2.65 bits per heavy atom. The highest BCUT2D eigenvalue weighted by Crippen LogP contribution is 2.20. The molecule has 1 unspecified atom stereocenters. The first-order chi connectivity index (χ1) is 11.1. The van der Waals surface area contributed by atoms with Crippen LogP contribution in [0.25, 0.3) is 5.69 Å². The predicted octanol–water partition coefficient (Wildman–Crippen LogP) is 0.473. The highest BCUT2D eigenvalue weighted by molar-refractivity contribution is 5.76. The fraction of sp³-hybridized carbons (Fsp3) is 0.286. The molecule has 0 N–H and O–H groups in total. The van der Waals surface area contributed by atoms with Crippen molar-refractivity contribution >= 4 is 5.91 Å². The van der Waals surface area contributed by atoms with E-state index in [-0.39, 0.29) is 18.5 Å². The molecule has 0 bridgehead atoms. The van der Waals surface area contributed by atoms with Gasteiger partial charge in [0, 0.05) is 7.05 Å². The van der Waals surface area contributed by atoms with Crippen LogP contribution >= 0.6 is 0 Å². The first kappa shape index (κ1) is 14.8. The third-order valence-corrected chi connectivity index (χ3v) is 3.72. The highest BCUT2D eigenvalue weighted by Gasteiger charge is 2.18. The molecule has 0 saturated carbocycles. The minimum absolute atomic E-state index is 0.0647. The molecule has 3 aromatic rings. The maximum atomic E-state index is 12.3. The van der Waals surface area contributed by atoms with Gasteiger partial charge in [-0.15, -0.1) is 5.10 Å². The second-order valence-corrected chi connectivity index (χ2v) is 5.12. The van der Waals surface area contributed by atoms with Crippen LogP contribution in [0.2, 0.25) is 0 Å². The average Bonchev–Trinajstić information content (AvgIpc) is 3.27. The number of likely N-dealkylation sites (N-methyl/N-ethyl adjacent to an activating group) is 1. The molecule has 1 atom stereocenters. The standard InChI is InChI=1S/C14H16N8O/c1-11(20(2)14(23)7-21-10-16-18-19-21)12-3-5-13(6-4-12)22-9-15-8-17-22/h3-6,8-11H,7H2,1-2H3.